The summed E-state index contributed by atoms with van der Waals surface area (Å²) in [5.41, 5.74) is 0.744. The number of benzene rings is 1. The fraction of sp³-hybridized carbons (Fsp3) is 0.0769. The van der Waals surface area contributed by atoms with Crippen LogP contribution >= 0.6 is 0 Å². The fourth-order valence-electron chi connectivity index (χ4n) is 2.20. The Labute approximate surface area is 112 Å². The van der Waals surface area contributed by atoms with E-state index in [1.54, 1.807) is 0 Å². The van der Waals surface area contributed by atoms with Crippen LogP contribution in [-0.2, 0) is 0 Å². The van der Waals surface area contributed by atoms with Gasteiger partial charge in [-0.25, -0.2) is 14.4 Å². The first-order valence-electron chi connectivity index (χ1n) is 5.63. The van der Waals surface area contributed by atoms with Crippen molar-refractivity contribution in [2.75, 3.05) is 7.11 Å². The third-order valence-electron chi connectivity index (χ3n) is 3.04. The van der Waals surface area contributed by atoms with Crippen LogP contribution in [0, 0.1) is 5.82 Å². The Morgan fingerprint density at radius 1 is 1.30 bits per heavy atom. The zero-order valence-electron chi connectivity index (χ0n) is 10.3. The standard InChI is InChI=1S/C13H8FN3O3/c1-20-13-9-8-4-6(14)2-3-7(8)12(18)11(17-19)10(9)15-5-16-13/h2-5,19H,1H3/b17-11-. The number of ether oxygens (including phenoxy) is 1. The van der Waals surface area contributed by atoms with Gasteiger partial charge in [-0.3, -0.25) is 4.79 Å². The first-order chi connectivity index (χ1) is 9.67. The minimum Gasteiger partial charge on any atom is -0.480 e. The number of carbonyl (C=O) groups excluding carboxylic acids is 1. The summed E-state index contributed by atoms with van der Waals surface area (Å²) < 4.78 is 18.6. The molecule has 1 aromatic heterocycles. The van der Waals surface area contributed by atoms with E-state index in [4.69, 9.17) is 9.94 Å². The average molecular weight is 273 g/mol. The van der Waals surface area contributed by atoms with Crippen LogP contribution in [0.3, 0.4) is 0 Å². The molecule has 1 N–H and O–H groups in total. The van der Waals surface area contributed by atoms with Gasteiger partial charge in [-0.1, -0.05) is 5.16 Å². The molecule has 0 unspecified atom stereocenters. The van der Waals surface area contributed by atoms with Gasteiger partial charge in [0.2, 0.25) is 11.7 Å². The van der Waals surface area contributed by atoms with Crippen LogP contribution in [0.5, 0.6) is 5.88 Å². The number of carbonyl (C=O) groups is 1. The molecule has 0 fully saturated rings. The van der Waals surface area contributed by atoms with Gasteiger partial charge in [0.05, 0.1) is 12.7 Å². The molecule has 0 saturated carbocycles. The number of methoxy groups -OCH3 is 1. The Hall–Kier alpha value is -2.83. The van der Waals surface area contributed by atoms with Crippen LogP contribution in [0.15, 0.2) is 29.7 Å². The van der Waals surface area contributed by atoms with E-state index in [2.05, 4.69) is 15.1 Å². The van der Waals surface area contributed by atoms with Crippen molar-refractivity contribution < 1.29 is 19.1 Å². The lowest BCUT2D eigenvalue weighted by molar-refractivity contribution is 0.106. The van der Waals surface area contributed by atoms with Gasteiger partial charge in [0.25, 0.3) is 0 Å². The number of oxime groups is 1. The van der Waals surface area contributed by atoms with E-state index in [1.807, 2.05) is 0 Å². The molecule has 0 atom stereocenters. The van der Waals surface area contributed by atoms with E-state index >= 15 is 0 Å². The van der Waals surface area contributed by atoms with Crippen LogP contribution in [0.25, 0.3) is 11.1 Å². The van der Waals surface area contributed by atoms with E-state index < -0.39 is 11.6 Å². The van der Waals surface area contributed by atoms with Crippen LogP contribution in [0.4, 0.5) is 4.39 Å². The summed E-state index contributed by atoms with van der Waals surface area (Å²) in [4.78, 5) is 20.1. The number of aromatic nitrogens is 2. The van der Waals surface area contributed by atoms with E-state index in [0.29, 0.717) is 11.1 Å². The molecule has 2 aromatic rings. The van der Waals surface area contributed by atoms with E-state index in [1.165, 1.54) is 25.6 Å². The van der Waals surface area contributed by atoms with Crippen LogP contribution in [0.1, 0.15) is 16.1 Å². The van der Waals surface area contributed by atoms with Crippen molar-refractivity contribution in [2.45, 2.75) is 0 Å². The molecule has 1 aliphatic rings. The fourth-order valence-corrected chi connectivity index (χ4v) is 2.20. The highest BCUT2D eigenvalue weighted by Crippen LogP contribution is 2.38. The predicted octanol–water partition coefficient (Wildman–Crippen LogP) is 1.67. The van der Waals surface area contributed by atoms with Gasteiger partial charge in [0.1, 0.15) is 17.8 Å². The van der Waals surface area contributed by atoms with Crippen molar-refractivity contribution in [1.82, 2.24) is 9.97 Å². The predicted molar refractivity (Wildman–Crippen MR) is 66.6 cm³/mol. The number of rotatable bonds is 1. The average Bonchev–Trinajstić information content (AvgIpc) is 2.47. The third kappa shape index (κ3) is 1.56. The number of ketones is 1. The molecule has 1 heterocycles. The maximum atomic E-state index is 13.5. The number of hydrogen-bond acceptors (Lipinski definition) is 6. The lowest BCUT2D eigenvalue weighted by Gasteiger charge is -2.19. The minimum absolute atomic E-state index is 0.113. The van der Waals surface area contributed by atoms with Crippen molar-refractivity contribution in [1.29, 1.82) is 0 Å². The molecule has 20 heavy (non-hydrogen) atoms. The SMILES string of the molecule is COc1ncnc2c1-c1cc(F)ccc1C(=O)/C2=N\O. The monoisotopic (exact) mass is 273 g/mol. The van der Waals surface area contributed by atoms with Gasteiger partial charge in [-0.15, -0.1) is 0 Å². The molecule has 0 spiro atoms. The maximum Gasteiger partial charge on any atom is 0.224 e. The third-order valence-corrected chi connectivity index (χ3v) is 3.04. The molecule has 1 aromatic carbocycles. The normalized spacial score (nSPS) is 14.9. The van der Waals surface area contributed by atoms with Crippen LogP contribution in [0.2, 0.25) is 0 Å². The summed E-state index contributed by atoms with van der Waals surface area (Å²) >= 11 is 0. The molecule has 1 aliphatic carbocycles. The highest BCUT2D eigenvalue weighted by atomic mass is 19.1. The zero-order valence-corrected chi connectivity index (χ0v) is 10.3. The second-order valence-corrected chi connectivity index (χ2v) is 4.07. The summed E-state index contributed by atoms with van der Waals surface area (Å²) in [6, 6.07) is 3.69. The van der Waals surface area contributed by atoms with Crippen LogP contribution < -0.4 is 4.74 Å². The molecular weight excluding hydrogens is 265 g/mol. The molecule has 7 heteroatoms. The second kappa shape index (κ2) is 4.37. The first-order valence-corrected chi connectivity index (χ1v) is 5.63. The lowest BCUT2D eigenvalue weighted by atomic mass is 9.86. The van der Waals surface area contributed by atoms with Crippen molar-refractivity contribution in [3.05, 3.63) is 41.6 Å². The summed E-state index contributed by atoms with van der Waals surface area (Å²) in [7, 11) is 1.40. The van der Waals surface area contributed by atoms with Crippen molar-refractivity contribution >= 4 is 11.5 Å². The van der Waals surface area contributed by atoms with Gasteiger partial charge in [0.15, 0.2) is 5.71 Å². The Morgan fingerprint density at radius 2 is 2.10 bits per heavy atom. The molecule has 0 saturated heterocycles. The van der Waals surface area contributed by atoms with Gasteiger partial charge in [-0.2, -0.15) is 0 Å². The lowest BCUT2D eigenvalue weighted by Crippen LogP contribution is -2.24. The largest absolute Gasteiger partial charge is 0.480 e. The number of Topliss-reactive ketones (excluding diaryl/α,β-unsaturated/α-hetero) is 1. The molecule has 6 nitrogen and oxygen atoms in total. The van der Waals surface area contributed by atoms with E-state index in [-0.39, 0.29) is 22.8 Å². The summed E-state index contributed by atoms with van der Waals surface area (Å²) in [5, 5.41) is 12.0. The topological polar surface area (TPSA) is 84.7 Å². The maximum absolute atomic E-state index is 13.5. The smallest absolute Gasteiger partial charge is 0.224 e. The molecule has 0 radical (unpaired) electrons. The Kier molecular flexibility index (Phi) is 2.67. The van der Waals surface area contributed by atoms with Crippen molar-refractivity contribution in [2.24, 2.45) is 5.16 Å². The van der Waals surface area contributed by atoms with E-state index in [0.717, 1.165) is 6.07 Å². The highest BCUT2D eigenvalue weighted by molar-refractivity contribution is 6.54. The Bertz CT molecular complexity index is 759. The summed E-state index contributed by atoms with van der Waals surface area (Å²) in [5.74, 6) is -0.857. The zero-order chi connectivity index (χ0) is 14.3. The summed E-state index contributed by atoms with van der Waals surface area (Å²) in [6.07, 6.45) is 1.18. The number of nitrogens with zero attached hydrogens (tertiary/aromatic N) is 3. The Balaban J connectivity index is 2.44. The van der Waals surface area contributed by atoms with Gasteiger partial charge in [-0.05, 0) is 18.2 Å². The number of hydrogen-bond donors (Lipinski definition) is 1. The Morgan fingerprint density at radius 3 is 2.80 bits per heavy atom. The highest BCUT2D eigenvalue weighted by Gasteiger charge is 2.33. The quantitative estimate of drug-likeness (QED) is 0.631. The molecular formula is C13H8FN3O3. The van der Waals surface area contributed by atoms with Gasteiger partial charge in [0, 0.05) is 11.1 Å². The molecule has 3 rings (SSSR count). The van der Waals surface area contributed by atoms with Crippen molar-refractivity contribution in [3.8, 4) is 17.0 Å². The van der Waals surface area contributed by atoms with Crippen molar-refractivity contribution in [3.63, 3.8) is 0 Å². The second-order valence-electron chi connectivity index (χ2n) is 4.07. The molecule has 100 valence electrons. The summed E-state index contributed by atoms with van der Waals surface area (Å²) in [6.45, 7) is 0. The number of fused-ring (bicyclic) bond motifs is 3. The van der Waals surface area contributed by atoms with Gasteiger partial charge >= 0.3 is 0 Å². The first kappa shape index (κ1) is 12.2. The number of halogens is 1. The molecule has 0 bridgehead atoms. The molecule has 0 aliphatic heterocycles. The minimum atomic E-state index is -0.532. The van der Waals surface area contributed by atoms with Crippen LogP contribution in [-0.4, -0.2) is 33.8 Å². The van der Waals surface area contributed by atoms with Gasteiger partial charge < -0.3 is 9.94 Å². The molecule has 0 amide bonds. The van der Waals surface area contributed by atoms with E-state index in [9.17, 15) is 9.18 Å².